The number of ether oxygens (including phenoxy) is 1. The van der Waals surface area contributed by atoms with Gasteiger partial charge in [-0.25, -0.2) is 9.97 Å². The summed E-state index contributed by atoms with van der Waals surface area (Å²) in [6, 6.07) is 9.58. The fourth-order valence-electron chi connectivity index (χ4n) is 1.66. The van der Waals surface area contributed by atoms with Crippen molar-refractivity contribution in [3.63, 3.8) is 0 Å². The number of anilines is 2. The third kappa shape index (κ3) is 3.10. The van der Waals surface area contributed by atoms with Crippen LogP contribution in [0, 0.1) is 6.92 Å². The molecule has 5 heteroatoms. The summed E-state index contributed by atoms with van der Waals surface area (Å²) in [4.78, 5) is 8.28. The Labute approximate surface area is 106 Å². The Kier molecular flexibility index (Phi) is 3.62. The Bertz CT molecular complexity index is 522. The average Bonchev–Trinajstić information content (AvgIpc) is 2.35. The molecule has 0 radical (unpaired) electrons. The van der Waals surface area contributed by atoms with Crippen molar-refractivity contribution in [2.45, 2.75) is 13.5 Å². The Morgan fingerprint density at radius 3 is 2.83 bits per heavy atom. The van der Waals surface area contributed by atoms with Crippen LogP contribution in [0.3, 0.4) is 0 Å². The molecule has 0 aliphatic rings. The van der Waals surface area contributed by atoms with Crippen LogP contribution in [0.4, 0.5) is 11.6 Å². The molecule has 1 heterocycles. The zero-order valence-electron chi connectivity index (χ0n) is 10.5. The van der Waals surface area contributed by atoms with Gasteiger partial charge in [-0.3, -0.25) is 0 Å². The van der Waals surface area contributed by atoms with Crippen molar-refractivity contribution >= 4 is 11.6 Å². The summed E-state index contributed by atoms with van der Waals surface area (Å²) in [5.74, 6) is 2.69. The first-order valence-corrected chi connectivity index (χ1v) is 5.65. The van der Waals surface area contributed by atoms with Gasteiger partial charge in [0, 0.05) is 12.6 Å². The van der Waals surface area contributed by atoms with Gasteiger partial charge in [0.25, 0.3) is 0 Å². The van der Waals surface area contributed by atoms with E-state index in [0.29, 0.717) is 18.2 Å². The number of hydrogen-bond acceptors (Lipinski definition) is 5. The number of rotatable bonds is 4. The standard InChI is InChI=1S/C13H16N4O/c1-9-16-12(14)7-13(17-9)15-8-10-4-3-5-11(6-10)18-2/h3-7H,8H2,1-2H3,(H3,14,15,16,17). The number of aryl methyl sites for hydroxylation is 1. The molecule has 0 spiro atoms. The minimum Gasteiger partial charge on any atom is -0.497 e. The van der Waals surface area contributed by atoms with Gasteiger partial charge >= 0.3 is 0 Å². The van der Waals surface area contributed by atoms with Crippen molar-refractivity contribution in [3.05, 3.63) is 41.7 Å². The number of aromatic nitrogens is 2. The second-order valence-corrected chi connectivity index (χ2v) is 3.93. The number of hydrogen-bond donors (Lipinski definition) is 2. The predicted octanol–water partition coefficient (Wildman–Crippen LogP) is 1.99. The molecule has 3 N–H and O–H groups in total. The maximum Gasteiger partial charge on any atom is 0.132 e. The molecular weight excluding hydrogens is 228 g/mol. The first-order valence-electron chi connectivity index (χ1n) is 5.65. The molecule has 5 nitrogen and oxygen atoms in total. The predicted molar refractivity (Wildman–Crippen MR) is 71.5 cm³/mol. The molecule has 0 aliphatic heterocycles. The van der Waals surface area contributed by atoms with E-state index in [1.165, 1.54) is 0 Å². The third-order valence-electron chi connectivity index (χ3n) is 2.47. The van der Waals surface area contributed by atoms with Gasteiger partial charge in [-0.1, -0.05) is 12.1 Å². The number of methoxy groups -OCH3 is 1. The van der Waals surface area contributed by atoms with E-state index in [4.69, 9.17) is 10.5 Å². The summed E-state index contributed by atoms with van der Waals surface area (Å²) in [7, 11) is 1.65. The topological polar surface area (TPSA) is 73.1 Å². The Morgan fingerprint density at radius 2 is 2.11 bits per heavy atom. The Morgan fingerprint density at radius 1 is 1.28 bits per heavy atom. The zero-order valence-corrected chi connectivity index (χ0v) is 10.5. The van der Waals surface area contributed by atoms with Gasteiger partial charge < -0.3 is 15.8 Å². The van der Waals surface area contributed by atoms with Crippen LogP contribution in [-0.4, -0.2) is 17.1 Å². The van der Waals surface area contributed by atoms with Crippen molar-refractivity contribution in [2.75, 3.05) is 18.2 Å². The van der Waals surface area contributed by atoms with Crippen molar-refractivity contribution < 1.29 is 4.74 Å². The molecule has 0 saturated heterocycles. The Hall–Kier alpha value is -2.30. The molecule has 0 atom stereocenters. The number of nitrogen functional groups attached to an aromatic ring is 1. The van der Waals surface area contributed by atoms with Crippen LogP contribution >= 0.6 is 0 Å². The van der Waals surface area contributed by atoms with Crippen LogP contribution in [-0.2, 0) is 6.54 Å². The SMILES string of the molecule is COc1cccc(CNc2cc(N)nc(C)n2)c1. The maximum atomic E-state index is 5.66. The molecule has 0 fully saturated rings. The number of nitrogens with one attached hydrogen (secondary N) is 1. The lowest BCUT2D eigenvalue weighted by molar-refractivity contribution is 0.414. The van der Waals surface area contributed by atoms with Gasteiger partial charge in [-0.15, -0.1) is 0 Å². The summed E-state index contributed by atoms with van der Waals surface area (Å²) in [5, 5.41) is 3.21. The fraction of sp³-hybridized carbons (Fsp3) is 0.231. The number of nitrogens with zero attached hydrogens (tertiary/aromatic N) is 2. The lowest BCUT2D eigenvalue weighted by Gasteiger charge is -2.08. The number of benzene rings is 1. The van der Waals surface area contributed by atoms with Crippen molar-refractivity contribution in [1.82, 2.24) is 9.97 Å². The molecule has 0 unspecified atom stereocenters. The maximum absolute atomic E-state index is 5.66. The van der Waals surface area contributed by atoms with E-state index in [0.717, 1.165) is 17.1 Å². The van der Waals surface area contributed by atoms with Crippen molar-refractivity contribution in [3.8, 4) is 5.75 Å². The average molecular weight is 244 g/mol. The van der Waals surface area contributed by atoms with Gasteiger partial charge in [0.1, 0.15) is 23.2 Å². The molecular formula is C13H16N4O. The van der Waals surface area contributed by atoms with Crippen LogP contribution in [0.15, 0.2) is 30.3 Å². The molecule has 1 aromatic carbocycles. The quantitative estimate of drug-likeness (QED) is 0.860. The first-order chi connectivity index (χ1) is 8.67. The summed E-state index contributed by atoms with van der Waals surface area (Å²) >= 11 is 0. The van der Waals surface area contributed by atoms with Gasteiger partial charge in [-0.2, -0.15) is 0 Å². The van der Waals surface area contributed by atoms with Gasteiger partial charge in [0.15, 0.2) is 0 Å². The molecule has 0 aliphatic carbocycles. The Balaban J connectivity index is 2.06. The zero-order chi connectivity index (χ0) is 13.0. The highest BCUT2D eigenvalue weighted by Gasteiger charge is 2.00. The lowest BCUT2D eigenvalue weighted by Crippen LogP contribution is -2.04. The fourth-order valence-corrected chi connectivity index (χ4v) is 1.66. The van der Waals surface area contributed by atoms with E-state index in [1.807, 2.05) is 31.2 Å². The van der Waals surface area contributed by atoms with E-state index in [1.54, 1.807) is 13.2 Å². The monoisotopic (exact) mass is 244 g/mol. The summed E-state index contributed by atoms with van der Waals surface area (Å²) in [6.45, 7) is 2.47. The first kappa shape index (κ1) is 12.2. The third-order valence-corrected chi connectivity index (χ3v) is 2.47. The smallest absolute Gasteiger partial charge is 0.132 e. The normalized spacial score (nSPS) is 10.1. The van der Waals surface area contributed by atoms with Crippen LogP contribution in [0.2, 0.25) is 0 Å². The molecule has 94 valence electrons. The minimum atomic E-state index is 0.468. The van der Waals surface area contributed by atoms with Gasteiger partial charge in [0.05, 0.1) is 7.11 Å². The second kappa shape index (κ2) is 5.35. The van der Waals surface area contributed by atoms with Crippen molar-refractivity contribution in [2.24, 2.45) is 0 Å². The molecule has 0 saturated carbocycles. The molecule has 0 bridgehead atoms. The molecule has 2 aromatic rings. The number of nitrogens with two attached hydrogens (primary N) is 1. The van der Waals surface area contributed by atoms with E-state index in [-0.39, 0.29) is 0 Å². The highest BCUT2D eigenvalue weighted by Crippen LogP contribution is 2.14. The highest BCUT2D eigenvalue weighted by atomic mass is 16.5. The highest BCUT2D eigenvalue weighted by molar-refractivity contribution is 5.45. The second-order valence-electron chi connectivity index (χ2n) is 3.93. The minimum absolute atomic E-state index is 0.468. The van der Waals surface area contributed by atoms with E-state index in [2.05, 4.69) is 15.3 Å². The van der Waals surface area contributed by atoms with E-state index in [9.17, 15) is 0 Å². The van der Waals surface area contributed by atoms with Crippen molar-refractivity contribution in [1.29, 1.82) is 0 Å². The van der Waals surface area contributed by atoms with Crippen LogP contribution in [0.25, 0.3) is 0 Å². The van der Waals surface area contributed by atoms with Crippen LogP contribution in [0.5, 0.6) is 5.75 Å². The van der Waals surface area contributed by atoms with E-state index < -0.39 is 0 Å². The summed E-state index contributed by atoms with van der Waals surface area (Å²) in [5.41, 5.74) is 6.78. The molecule has 1 aromatic heterocycles. The molecule has 18 heavy (non-hydrogen) atoms. The summed E-state index contributed by atoms with van der Waals surface area (Å²) < 4.78 is 5.17. The molecule has 2 rings (SSSR count). The lowest BCUT2D eigenvalue weighted by atomic mass is 10.2. The molecule has 0 amide bonds. The van der Waals surface area contributed by atoms with Crippen LogP contribution in [0.1, 0.15) is 11.4 Å². The van der Waals surface area contributed by atoms with Crippen LogP contribution < -0.4 is 15.8 Å². The van der Waals surface area contributed by atoms with Gasteiger partial charge in [-0.05, 0) is 24.6 Å². The van der Waals surface area contributed by atoms with E-state index >= 15 is 0 Å². The summed E-state index contributed by atoms with van der Waals surface area (Å²) in [6.07, 6.45) is 0. The largest absolute Gasteiger partial charge is 0.497 e. The van der Waals surface area contributed by atoms with Gasteiger partial charge in [0.2, 0.25) is 0 Å².